The third kappa shape index (κ3) is 7.06. The van der Waals surface area contributed by atoms with Gasteiger partial charge in [-0.25, -0.2) is 0 Å². The van der Waals surface area contributed by atoms with E-state index in [1.165, 1.54) is 0 Å². The first kappa shape index (κ1) is 19.1. The summed E-state index contributed by atoms with van der Waals surface area (Å²) in [5, 5.41) is 0. The third-order valence-corrected chi connectivity index (χ3v) is 6.87. The Balaban J connectivity index is 5.18. The van der Waals surface area contributed by atoms with Crippen molar-refractivity contribution in [2.75, 3.05) is 6.61 Å². The van der Waals surface area contributed by atoms with E-state index in [4.69, 9.17) is 17.3 Å². The van der Waals surface area contributed by atoms with Crippen LogP contribution in [0.4, 0.5) is 0 Å². The third-order valence-electron chi connectivity index (χ3n) is 1.86. The molecule has 20 heavy (non-hydrogen) atoms. The molecular formula is C11H20O8Sn. The number of carbonyl (C=O) groups is 3. The van der Waals surface area contributed by atoms with E-state index < -0.39 is 37.9 Å². The van der Waals surface area contributed by atoms with Gasteiger partial charge < -0.3 is 0 Å². The molecule has 0 rings (SSSR count). The molecule has 0 bridgehead atoms. The summed E-state index contributed by atoms with van der Waals surface area (Å²) >= 11 is -5.20. The van der Waals surface area contributed by atoms with Gasteiger partial charge in [0.25, 0.3) is 0 Å². The van der Waals surface area contributed by atoms with E-state index in [0.717, 1.165) is 0 Å². The Bertz CT molecular complexity index is 298. The molecule has 0 radical (unpaired) electrons. The molecule has 0 aliphatic heterocycles. The van der Waals surface area contributed by atoms with Crippen LogP contribution in [-0.2, 0) is 31.7 Å². The molecule has 0 N–H and O–H groups in total. The normalized spacial score (nSPS) is 10.8. The predicted molar refractivity (Wildman–Crippen MR) is 67.6 cm³/mol. The molecule has 0 atom stereocenters. The molecule has 8 nitrogen and oxygen atoms in total. The van der Waals surface area contributed by atoms with Crippen molar-refractivity contribution in [2.45, 2.75) is 47.0 Å². The van der Waals surface area contributed by atoms with Gasteiger partial charge in [0.05, 0.1) is 0 Å². The molecule has 0 saturated heterocycles. The molecule has 0 fully saturated rings. The quantitative estimate of drug-likeness (QED) is 0.325. The van der Waals surface area contributed by atoms with Gasteiger partial charge in [0, 0.05) is 0 Å². The zero-order valence-corrected chi connectivity index (χ0v) is 14.9. The van der Waals surface area contributed by atoms with Crippen LogP contribution in [0.25, 0.3) is 0 Å². The van der Waals surface area contributed by atoms with Gasteiger partial charge >= 0.3 is 123 Å². The Kier molecular flexibility index (Phi) is 9.51. The zero-order valence-electron chi connectivity index (χ0n) is 12.1. The van der Waals surface area contributed by atoms with Gasteiger partial charge in [-0.3, -0.25) is 0 Å². The minimum absolute atomic E-state index is 0.0154. The molecule has 9 heteroatoms. The summed E-state index contributed by atoms with van der Waals surface area (Å²) in [6.07, 6.45) is 0.0461. The Morgan fingerprint density at radius 3 is 1.35 bits per heavy atom. The molecule has 0 aliphatic rings. The summed E-state index contributed by atoms with van der Waals surface area (Å²) in [5.41, 5.74) is 0. The molecule has 0 amide bonds. The Morgan fingerprint density at radius 1 is 0.750 bits per heavy atom. The van der Waals surface area contributed by atoms with Crippen LogP contribution in [0.5, 0.6) is 0 Å². The number of carbonyl (C=O) groups excluding carboxylic acids is 3. The van der Waals surface area contributed by atoms with Crippen LogP contribution >= 0.6 is 0 Å². The predicted octanol–water partition coefficient (Wildman–Crippen LogP) is 1.25. The van der Waals surface area contributed by atoms with Crippen molar-refractivity contribution < 1.29 is 31.7 Å². The van der Waals surface area contributed by atoms with Crippen LogP contribution in [0.1, 0.15) is 47.0 Å². The Morgan fingerprint density at radius 2 is 1.10 bits per heavy atom. The van der Waals surface area contributed by atoms with Crippen LogP contribution in [0.2, 0.25) is 0 Å². The van der Waals surface area contributed by atoms with E-state index in [2.05, 4.69) is 0 Å². The van der Waals surface area contributed by atoms with Gasteiger partial charge in [-0.15, -0.1) is 0 Å². The van der Waals surface area contributed by atoms with Gasteiger partial charge in [0.1, 0.15) is 0 Å². The maximum absolute atomic E-state index is 11.4. The molecule has 0 unspecified atom stereocenters. The van der Waals surface area contributed by atoms with E-state index in [9.17, 15) is 14.4 Å². The fourth-order valence-corrected chi connectivity index (χ4v) is 5.90. The fraction of sp³-hybridized carbons (Fsp3) is 0.727. The van der Waals surface area contributed by atoms with Gasteiger partial charge in [-0.1, -0.05) is 0 Å². The summed E-state index contributed by atoms with van der Waals surface area (Å²) in [4.78, 5) is 39.0. The molecule has 0 spiro atoms. The number of hydrogen-bond donors (Lipinski definition) is 0. The van der Waals surface area contributed by atoms with Crippen molar-refractivity contribution in [1.82, 2.24) is 0 Å². The summed E-state index contributed by atoms with van der Waals surface area (Å²) in [6, 6.07) is 0. The van der Waals surface area contributed by atoms with Crippen LogP contribution in [-0.4, -0.2) is 44.5 Å². The minimum atomic E-state index is -5.20. The second-order valence-corrected chi connectivity index (χ2v) is 8.55. The van der Waals surface area contributed by atoms with E-state index in [0.29, 0.717) is 0 Å². The van der Waals surface area contributed by atoms with Crippen molar-refractivity contribution in [2.24, 2.45) is 0 Å². The SMILES string of the molecule is CCO[O][Sn]([O]C(=O)CC)([O]C(=O)CC)[O]C(=O)CC. The second-order valence-electron chi connectivity index (χ2n) is 3.47. The molecule has 0 heterocycles. The van der Waals surface area contributed by atoms with Gasteiger partial charge in [-0.2, -0.15) is 0 Å². The van der Waals surface area contributed by atoms with E-state index in [1.807, 2.05) is 0 Å². The average molecular weight is 399 g/mol. The van der Waals surface area contributed by atoms with Crippen LogP contribution < -0.4 is 0 Å². The standard InChI is InChI=1S/3C3H6O2.C2H6O2.Sn/c3*1-2-3(4)5;1-2-4-3;/h3*2H2,1H3,(H,4,5);3H,2H2,1H3;/q;;;;+4/p-4. The summed E-state index contributed by atoms with van der Waals surface area (Å²) < 4.78 is 19.8. The molecule has 116 valence electrons. The summed E-state index contributed by atoms with van der Waals surface area (Å²) in [7, 11) is 0. The fourth-order valence-electron chi connectivity index (χ4n) is 0.879. The van der Waals surface area contributed by atoms with E-state index in [1.54, 1.807) is 27.7 Å². The topological polar surface area (TPSA) is 97.4 Å². The molecular weight excluding hydrogens is 379 g/mol. The maximum atomic E-state index is 11.4. The number of rotatable bonds is 9. The molecule has 0 saturated carbocycles. The van der Waals surface area contributed by atoms with Crippen molar-refractivity contribution in [3.63, 3.8) is 0 Å². The van der Waals surface area contributed by atoms with E-state index >= 15 is 0 Å². The monoisotopic (exact) mass is 400 g/mol. The van der Waals surface area contributed by atoms with E-state index in [-0.39, 0.29) is 25.9 Å². The Hall–Kier alpha value is -0.871. The molecule has 0 aromatic rings. The molecule has 0 aliphatic carbocycles. The first-order valence-corrected chi connectivity index (χ1v) is 11.0. The first-order valence-electron chi connectivity index (χ1n) is 6.39. The van der Waals surface area contributed by atoms with Crippen molar-refractivity contribution in [3.05, 3.63) is 0 Å². The van der Waals surface area contributed by atoms with Crippen LogP contribution in [0, 0.1) is 0 Å². The van der Waals surface area contributed by atoms with Crippen molar-refractivity contribution >= 4 is 37.9 Å². The zero-order chi connectivity index (χ0) is 15.6. The molecule has 0 aromatic heterocycles. The number of hydrogen-bond acceptors (Lipinski definition) is 8. The van der Waals surface area contributed by atoms with Gasteiger partial charge in [0.15, 0.2) is 0 Å². The molecule has 0 aromatic carbocycles. The Labute approximate surface area is 123 Å². The first-order chi connectivity index (χ1) is 9.42. The van der Waals surface area contributed by atoms with Crippen LogP contribution in [0.3, 0.4) is 0 Å². The van der Waals surface area contributed by atoms with Gasteiger partial charge in [0.2, 0.25) is 0 Å². The van der Waals surface area contributed by atoms with Crippen molar-refractivity contribution in [1.29, 1.82) is 0 Å². The van der Waals surface area contributed by atoms with Crippen LogP contribution in [0.15, 0.2) is 0 Å². The average Bonchev–Trinajstić information content (AvgIpc) is 2.44. The second kappa shape index (κ2) is 9.94. The van der Waals surface area contributed by atoms with Crippen molar-refractivity contribution in [3.8, 4) is 0 Å². The summed E-state index contributed by atoms with van der Waals surface area (Å²) in [6.45, 7) is 6.35. The van der Waals surface area contributed by atoms with Gasteiger partial charge in [-0.05, 0) is 0 Å². The summed E-state index contributed by atoms with van der Waals surface area (Å²) in [5.74, 6) is -2.10.